The standard InChI is InChI=1S/C12H24N2O2/c1-9(2)10(3)13-12(16)14-6-4-11(8-14)5-7-15/h9-11,15H,4-8H2,1-3H3,(H,13,16)/t10-,11-/m1/s1. The second-order valence-corrected chi connectivity index (χ2v) is 5.10. The van der Waals surface area contributed by atoms with Gasteiger partial charge in [-0.05, 0) is 31.6 Å². The SMILES string of the molecule is CC(C)[C@@H](C)NC(=O)N1CC[C@H](CCO)C1. The molecule has 0 radical (unpaired) electrons. The van der Waals surface area contributed by atoms with Crippen LogP contribution in [0.3, 0.4) is 0 Å². The molecule has 4 heteroatoms. The molecule has 0 spiro atoms. The van der Waals surface area contributed by atoms with E-state index in [1.807, 2.05) is 11.8 Å². The van der Waals surface area contributed by atoms with Crippen LogP contribution in [-0.2, 0) is 0 Å². The quantitative estimate of drug-likeness (QED) is 0.765. The molecule has 1 fully saturated rings. The van der Waals surface area contributed by atoms with Gasteiger partial charge in [-0.3, -0.25) is 0 Å². The van der Waals surface area contributed by atoms with Gasteiger partial charge >= 0.3 is 6.03 Å². The van der Waals surface area contributed by atoms with E-state index in [1.165, 1.54) is 0 Å². The maximum atomic E-state index is 11.9. The molecule has 4 nitrogen and oxygen atoms in total. The van der Waals surface area contributed by atoms with Crippen molar-refractivity contribution in [1.82, 2.24) is 10.2 Å². The molecule has 1 rings (SSSR count). The molecule has 1 aliphatic heterocycles. The summed E-state index contributed by atoms with van der Waals surface area (Å²) in [7, 11) is 0. The van der Waals surface area contributed by atoms with Gasteiger partial charge in [0.1, 0.15) is 0 Å². The third-order valence-corrected chi connectivity index (χ3v) is 3.46. The van der Waals surface area contributed by atoms with Crippen LogP contribution in [0.1, 0.15) is 33.6 Å². The first-order chi connectivity index (χ1) is 7.54. The predicted octanol–water partition coefficient (Wildman–Crippen LogP) is 1.44. The molecule has 1 aliphatic rings. The molecule has 1 heterocycles. The topological polar surface area (TPSA) is 52.6 Å². The van der Waals surface area contributed by atoms with Crippen LogP contribution in [0.5, 0.6) is 0 Å². The lowest BCUT2D eigenvalue weighted by Crippen LogP contribution is -2.44. The number of amides is 2. The zero-order chi connectivity index (χ0) is 12.1. The number of aliphatic hydroxyl groups excluding tert-OH is 1. The fraction of sp³-hybridized carbons (Fsp3) is 0.917. The van der Waals surface area contributed by atoms with Gasteiger partial charge in [0, 0.05) is 25.7 Å². The van der Waals surface area contributed by atoms with E-state index < -0.39 is 0 Å². The number of rotatable bonds is 4. The number of urea groups is 1. The van der Waals surface area contributed by atoms with Gasteiger partial charge in [0.05, 0.1) is 0 Å². The second-order valence-electron chi connectivity index (χ2n) is 5.10. The van der Waals surface area contributed by atoms with Gasteiger partial charge in [0.2, 0.25) is 0 Å². The normalized spacial score (nSPS) is 22.6. The van der Waals surface area contributed by atoms with Crippen LogP contribution < -0.4 is 5.32 Å². The summed E-state index contributed by atoms with van der Waals surface area (Å²) >= 11 is 0. The van der Waals surface area contributed by atoms with Gasteiger partial charge in [-0.15, -0.1) is 0 Å². The van der Waals surface area contributed by atoms with E-state index in [0.717, 1.165) is 25.9 Å². The number of nitrogens with zero attached hydrogens (tertiary/aromatic N) is 1. The molecular formula is C12H24N2O2. The van der Waals surface area contributed by atoms with Crippen LogP contribution in [0.25, 0.3) is 0 Å². The third-order valence-electron chi connectivity index (χ3n) is 3.46. The zero-order valence-corrected chi connectivity index (χ0v) is 10.6. The fourth-order valence-corrected chi connectivity index (χ4v) is 1.89. The van der Waals surface area contributed by atoms with E-state index >= 15 is 0 Å². The minimum atomic E-state index is 0.0432. The number of hydrogen-bond acceptors (Lipinski definition) is 2. The summed E-state index contributed by atoms with van der Waals surface area (Å²) in [5.74, 6) is 0.935. The van der Waals surface area contributed by atoms with E-state index in [1.54, 1.807) is 0 Å². The highest BCUT2D eigenvalue weighted by atomic mass is 16.3. The number of aliphatic hydroxyl groups is 1. The minimum absolute atomic E-state index is 0.0432. The maximum absolute atomic E-state index is 11.9. The van der Waals surface area contributed by atoms with E-state index in [-0.39, 0.29) is 18.7 Å². The highest BCUT2D eigenvalue weighted by molar-refractivity contribution is 5.74. The van der Waals surface area contributed by atoms with Crippen molar-refractivity contribution < 1.29 is 9.90 Å². The van der Waals surface area contributed by atoms with Gasteiger partial charge in [-0.25, -0.2) is 4.79 Å². The van der Waals surface area contributed by atoms with Crippen LogP contribution in [-0.4, -0.2) is 41.8 Å². The highest BCUT2D eigenvalue weighted by Crippen LogP contribution is 2.19. The summed E-state index contributed by atoms with van der Waals surface area (Å²) in [4.78, 5) is 13.7. The number of carbonyl (C=O) groups excluding carboxylic acids is 1. The molecule has 2 amide bonds. The van der Waals surface area contributed by atoms with E-state index in [0.29, 0.717) is 11.8 Å². The van der Waals surface area contributed by atoms with Crippen molar-refractivity contribution in [2.75, 3.05) is 19.7 Å². The first-order valence-electron chi connectivity index (χ1n) is 6.21. The molecule has 16 heavy (non-hydrogen) atoms. The summed E-state index contributed by atoms with van der Waals surface area (Å²) in [6.45, 7) is 8.07. The molecule has 0 aromatic heterocycles. The molecule has 94 valence electrons. The van der Waals surface area contributed by atoms with Gasteiger partial charge in [0.25, 0.3) is 0 Å². The first-order valence-corrected chi connectivity index (χ1v) is 6.21. The lowest BCUT2D eigenvalue weighted by Gasteiger charge is -2.23. The lowest BCUT2D eigenvalue weighted by molar-refractivity contribution is 0.198. The summed E-state index contributed by atoms with van der Waals surface area (Å²) in [6, 6.07) is 0.256. The fourth-order valence-electron chi connectivity index (χ4n) is 1.89. The molecule has 0 saturated carbocycles. The van der Waals surface area contributed by atoms with Gasteiger partial charge in [-0.1, -0.05) is 13.8 Å². The maximum Gasteiger partial charge on any atom is 0.317 e. The number of likely N-dealkylation sites (tertiary alicyclic amines) is 1. The van der Waals surface area contributed by atoms with Crippen molar-refractivity contribution in [3.8, 4) is 0 Å². The smallest absolute Gasteiger partial charge is 0.317 e. The minimum Gasteiger partial charge on any atom is -0.396 e. The molecular weight excluding hydrogens is 204 g/mol. The van der Waals surface area contributed by atoms with Crippen molar-refractivity contribution >= 4 is 6.03 Å². The average Bonchev–Trinajstić information content (AvgIpc) is 2.66. The van der Waals surface area contributed by atoms with E-state index in [4.69, 9.17) is 5.11 Å². The van der Waals surface area contributed by atoms with Gasteiger partial charge < -0.3 is 15.3 Å². The number of carbonyl (C=O) groups is 1. The Labute approximate surface area is 98.0 Å². The van der Waals surface area contributed by atoms with Crippen molar-refractivity contribution in [1.29, 1.82) is 0 Å². The van der Waals surface area contributed by atoms with Crippen LogP contribution in [0.2, 0.25) is 0 Å². The Bertz CT molecular complexity index is 231. The monoisotopic (exact) mass is 228 g/mol. The third kappa shape index (κ3) is 3.67. The molecule has 0 aliphatic carbocycles. The van der Waals surface area contributed by atoms with Crippen molar-refractivity contribution in [3.05, 3.63) is 0 Å². The number of nitrogens with one attached hydrogen (secondary N) is 1. The second kappa shape index (κ2) is 6.09. The summed E-state index contributed by atoms with van der Waals surface area (Å²) in [6.07, 6.45) is 1.83. The Morgan fingerprint density at radius 1 is 1.50 bits per heavy atom. The largest absolute Gasteiger partial charge is 0.396 e. The summed E-state index contributed by atoms with van der Waals surface area (Å²) < 4.78 is 0. The van der Waals surface area contributed by atoms with E-state index in [2.05, 4.69) is 19.2 Å². The molecule has 0 bridgehead atoms. The average molecular weight is 228 g/mol. The van der Waals surface area contributed by atoms with Crippen molar-refractivity contribution in [3.63, 3.8) is 0 Å². The van der Waals surface area contributed by atoms with Crippen molar-refractivity contribution in [2.24, 2.45) is 11.8 Å². The summed E-state index contributed by atoms with van der Waals surface area (Å²) in [5.41, 5.74) is 0. The molecule has 0 aromatic carbocycles. The van der Waals surface area contributed by atoms with Crippen LogP contribution in [0.15, 0.2) is 0 Å². The zero-order valence-electron chi connectivity index (χ0n) is 10.6. The number of hydrogen-bond donors (Lipinski definition) is 2. The Balaban J connectivity index is 2.33. The predicted molar refractivity (Wildman–Crippen MR) is 64.2 cm³/mol. The molecule has 0 unspecified atom stereocenters. The molecule has 2 atom stereocenters. The molecule has 2 N–H and O–H groups in total. The van der Waals surface area contributed by atoms with Crippen molar-refractivity contribution in [2.45, 2.75) is 39.7 Å². The Morgan fingerprint density at radius 2 is 2.19 bits per heavy atom. The van der Waals surface area contributed by atoms with Crippen LogP contribution >= 0.6 is 0 Å². The molecule has 0 aromatic rings. The Hall–Kier alpha value is -0.770. The van der Waals surface area contributed by atoms with Gasteiger partial charge in [-0.2, -0.15) is 0 Å². The van der Waals surface area contributed by atoms with Crippen LogP contribution in [0, 0.1) is 11.8 Å². The van der Waals surface area contributed by atoms with E-state index in [9.17, 15) is 4.79 Å². The Kier molecular flexibility index (Phi) is 5.06. The first kappa shape index (κ1) is 13.3. The van der Waals surface area contributed by atoms with Crippen LogP contribution in [0.4, 0.5) is 4.79 Å². The molecule has 1 saturated heterocycles. The Morgan fingerprint density at radius 3 is 2.75 bits per heavy atom. The highest BCUT2D eigenvalue weighted by Gasteiger charge is 2.26. The van der Waals surface area contributed by atoms with Gasteiger partial charge in [0.15, 0.2) is 0 Å². The summed E-state index contributed by atoms with van der Waals surface area (Å²) in [5, 5.41) is 11.9. The lowest BCUT2D eigenvalue weighted by atomic mass is 10.1.